The smallest absolute Gasteiger partial charge is 0.224 e. The maximum atomic E-state index is 12.4. The minimum atomic E-state index is 0.191. The number of hydrogen-bond acceptors (Lipinski definition) is 3. The highest BCUT2D eigenvalue weighted by atomic mass is 79.9. The van der Waals surface area contributed by atoms with Crippen molar-refractivity contribution >= 4 is 21.8 Å². The van der Waals surface area contributed by atoms with Crippen molar-refractivity contribution in [2.24, 2.45) is 0 Å². The molecule has 0 radical (unpaired) electrons. The summed E-state index contributed by atoms with van der Waals surface area (Å²) in [6.45, 7) is 1.43. The van der Waals surface area contributed by atoms with Crippen LogP contribution in [0, 0.1) is 0 Å². The summed E-state index contributed by atoms with van der Waals surface area (Å²) in [5, 5.41) is 4.03. The summed E-state index contributed by atoms with van der Waals surface area (Å²) in [4.78, 5) is 18.3. The molecular formula is C15H17BrN4O. The lowest BCUT2D eigenvalue weighted by Gasteiger charge is -2.25. The normalized spacial score (nSPS) is 18.1. The van der Waals surface area contributed by atoms with Crippen LogP contribution in [0.15, 0.2) is 41.4 Å². The van der Waals surface area contributed by atoms with Crippen molar-refractivity contribution in [2.45, 2.75) is 31.8 Å². The second-order valence-corrected chi connectivity index (χ2v) is 6.12. The molecule has 0 aliphatic carbocycles. The Morgan fingerprint density at radius 2 is 2.14 bits per heavy atom. The first-order chi connectivity index (χ1) is 10.2. The zero-order valence-corrected chi connectivity index (χ0v) is 13.2. The Balaban J connectivity index is 1.65. The van der Waals surface area contributed by atoms with Gasteiger partial charge < -0.3 is 4.90 Å². The molecule has 1 aliphatic rings. The third kappa shape index (κ3) is 3.32. The molecule has 2 aromatic rings. The van der Waals surface area contributed by atoms with Gasteiger partial charge in [-0.3, -0.25) is 9.48 Å². The minimum absolute atomic E-state index is 0.191. The maximum absolute atomic E-state index is 12.4. The van der Waals surface area contributed by atoms with Gasteiger partial charge in [0.2, 0.25) is 5.91 Å². The molecule has 1 aliphatic heterocycles. The van der Waals surface area contributed by atoms with Gasteiger partial charge >= 0.3 is 0 Å². The van der Waals surface area contributed by atoms with Gasteiger partial charge in [0.15, 0.2) is 0 Å². The molecule has 1 aromatic carbocycles. The monoisotopic (exact) mass is 348 g/mol. The predicted molar refractivity (Wildman–Crippen MR) is 82.5 cm³/mol. The molecule has 6 heteroatoms. The van der Waals surface area contributed by atoms with Gasteiger partial charge in [0.1, 0.15) is 12.7 Å². The highest BCUT2D eigenvalue weighted by molar-refractivity contribution is 9.10. The van der Waals surface area contributed by atoms with E-state index >= 15 is 0 Å². The first-order valence-electron chi connectivity index (χ1n) is 7.11. The molecule has 1 fully saturated rings. The third-order valence-corrected chi connectivity index (χ3v) is 4.38. The van der Waals surface area contributed by atoms with Gasteiger partial charge in [-0.25, -0.2) is 4.98 Å². The lowest BCUT2D eigenvalue weighted by atomic mass is 10.0. The maximum Gasteiger partial charge on any atom is 0.224 e. The quantitative estimate of drug-likeness (QED) is 0.853. The molecule has 5 nitrogen and oxygen atoms in total. The van der Waals surface area contributed by atoms with Crippen molar-refractivity contribution in [3.05, 3.63) is 47.0 Å². The molecule has 1 saturated heterocycles. The molecule has 1 atom stereocenters. The first kappa shape index (κ1) is 14.3. The van der Waals surface area contributed by atoms with Crippen LogP contribution in [-0.2, 0) is 11.3 Å². The van der Waals surface area contributed by atoms with E-state index in [2.05, 4.69) is 38.1 Å². The summed E-state index contributed by atoms with van der Waals surface area (Å²) in [6.07, 6.45) is 5.71. The van der Waals surface area contributed by atoms with E-state index < -0.39 is 0 Å². The summed E-state index contributed by atoms with van der Waals surface area (Å²) >= 11 is 3.45. The van der Waals surface area contributed by atoms with Gasteiger partial charge in [0, 0.05) is 17.4 Å². The highest BCUT2D eigenvalue weighted by Gasteiger charge is 2.29. The molecule has 0 saturated carbocycles. The van der Waals surface area contributed by atoms with E-state index in [0.717, 1.165) is 23.9 Å². The largest absolute Gasteiger partial charge is 0.336 e. The van der Waals surface area contributed by atoms with E-state index in [9.17, 15) is 4.79 Å². The van der Waals surface area contributed by atoms with Crippen LogP contribution in [0.4, 0.5) is 0 Å². The van der Waals surface area contributed by atoms with Crippen molar-refractivity contribution < 1.29 is 4.79 Å². The molecule has 3 rings (SSSR count). The van der Waals surface area contributed by atoms with Crippen LogP contribution in [0.3, 0.4) is 0 Å². The summed E-state index contributed by atoms with van der Waals surface area (Å²) in [7, 11) is 0. The predicted octanol–water partition coefficient (Wildman–Crippen LogP) is 2.79. The van der Waals surface area contributed by atoms with E-state index in [-0.39, 0.29) is 11.9 Å². The van der Waals surface area contributed by atoms with Crippen LogP contribution in [-0.4, -0.2) is 32.1 Å². The Hall–Kier alpha value is -1.69. The molecule has 0 bridgehead atoms. The van der Waals surface area contributed by atoms with E-state index in [4.69, 9.17) is 0 Å². The number of hydrogen-bond donors (Lipinski definition) is 0. The van der Waals surface area contributed by atoms with Crippen LogP contribution in [0.2, 0.25) is 0 Å². The number of nitrogens with zero attached hydrogens (tertiary/aromatic N) is 4. The van der Waals surface area contributed by atoms with Crippen LogP contribution in [0.5, 0.6) is 0 Å². The summed E-state index contributed by atoms with van der Waals surface area (Å²) in [5.41, 5.74) is 1.21. The Bertz CT molecular complexity index is 597. The highest BCUT2D eigenvalue weighted by Crippen LogP contribution is 2.32. The summed E-state index contributed by atoms with van der Waals surface area (Å²) in [5.74, 6) is 0.191. The molecule has 2 heterocycles. The molecule has 1 amide bonds. The Kier molecular flexibility index (Phi) is 4.34. The van der Waals surface area contributed by atoms with E-state index in [1.54, 1.807) is 11.0 Å². The van der Waals surface area contributed by atoms with Gasteiger partial charge in [0.25, 0.3) is 0 Å². The van der Waals surface area contributed by atoms with E-state index in [1.165, 1.54) is 11.9 Å². The number of aromatic nitrogens is 3. The van der Waals surface area contributed by atoms with Crippen LogP contribution in [0.25, 0.3) is 0 Å². The molecule has 0 N–H and O–H groups in total. The van der Waals surface area contributed by atoms with E-state index in [1.807, 2.05) is 17.0 Å². The third-order valence-electron chi connectivity index (χ3n) is 3.85. The molecule has 1 unspecified atom stereocenters. The Labute approximate surface area is 132 Å². The van der Waals surface area contributed by atoms with Gasteiger partial charge in [-0.2, -0.15) is 5.10 Å². The second-order valence-electron chi connectivity index (χ2n) is 5.21. The molecule has 1 aromatic heterocycles. The molecular weight excluding hydrogens is 332 g/mol. The number of amides is 1. The summed E-state index contributed by atoms with van der Waals surface area (Å²) < 4.78 is 2.76. The van der Waals surface area contributed by atoms with Crippen molar-refractivity contribution in [3.8, 4) is 0 Å². The van der Waals surface area contributed by atoms with Crippen LogP contribution in [0.1, 0.15) is 30.9 Å². The fourth-order valence-electron chi connectivity index (χ4n) is 2.80. The zero-order valence-electron chi connectivity index (χ0n) is 11.7. The fourth-order valence-corrected chi connectivity index (χ4v) is 3.06. The Morgan fingerprint density at radius 1 is 1.33 bits per heavy atom. The lowest BCUT2D eigenvalue weighted by Crippen LogP contribution is -2.31. The van der Waals surface area contributed by atoms with Crippen molar-refractivity contribution in [3.63, 3.8) is 0 Å². The standard InChI is InChI=1S/C15H17BrN4O/c16-13-5-3-12(4-6-13)14-2-1-8-20(14)15(21)7-9-19-11-17-10-18-19/h3-6,10-11,14H,1-2,7-9H2. The SMILES string of the molecule is O=C(CCn1cncn1)N1CCCC1c1ccc(Br)cc1. The minimum Gasteiger partial charge on any atom is -0.336 e. The number of halogens is 1. The fraction of sp³-hybridized carbons (Fsp3) is 0.400. The molecule has 110 valence electrons. The zero-order chi connectivity index (χ0) is 14.7. The van der Waals surface area contributed by atoms with Gasteiger partial charge in [-0.1, -0.05) is 28.1 Å². The van der Waals surface area contributed by atoms with Gasteiger partial charge in [-0.15, -0.1) is 0 Å². The first-order valence-corrected chi connectivity index (χ1v) is 7.91. The number of rotatable bonds is 4. The van der Waals surface area contributed by atoms with Crippen molar-refractivity contribution in [1.82, 2.24) is 19.7 Å². The second kappa shape index (κ2) is 6.39. The molecule has 0 spiro atoms. The average Bonchev–Trinajstić information content (AvgIpc) is 3.17. The van der Waals surface area contributed by atoms with E-state index in [0.29, 0.717) is 13.0 Å². The number of benzene rings is 1. The van der Waals surface area contributed by atoms with Crippen LogP contribution < -0.4 is 0 Å². The number of carbonyl (C=O) groups is 1. The number of carbonyl (C=O) groups excluding carboxylic acids is 1. The van der Waals surface area contributed by atoms with Crippen LogP contribution >= 0.6 is 15.9 Å². The summed E-state index contributed by atoms with van der Waals surface area (Å²) in [6, 6.07) is 8.47. The van der Waals surface area contributed by atoms with Gasteiger partial charge in [-0.05, 0) is 30.5 Å². The average molecular weight is 349 g/mol. The Morgan fingerprint density at radius 3 is 2.86 bits per heavy atom. The number of likely N-dealkylation sites (tertiary alicyclic amines) is 1. The van der Waals surface area contributed by atoms with Crippen molar-refractivity contribution in [2.75, 3.05) is 6.54 Å². The lowest BCUT2D eigenvalue weighted by molar-refractivity contribution is -0.132. The number of aryl methyl sites for hydroxylation is 1. The van der Waals surface area contributed by atoms with Crippen molar-refractivity contribution in [1.29, 1.82) is 0 Å². The van der Waals surface area contributed by atoms with Gasteiger partial charge in [0.05, 0.1) is 12.6 Å². The topological polar surface area (TPSA) is 51.0 Å². The molecule has 21 heavy (non-hydrogen) atoms.